The van der Waals surface area contributed by atoms with Gasteiger partial charge in [0.15, 0.2) is 17.3 Å². The molecule has 0 aliphatic heterocycles. The lowest BCUT2D eigenvalue weighted by atomic mass is 9.95. The molecule has 0 radical (unpaired) electrons. The van der Waals surface area contributed by atoms with Gasteiger partial charge in [0.1, 0.15) is 0 Å². The summed E-state index contributed by atoms with van der Waals surface area (Å²) in [4.78, 5) is 37.2. The first-order valence-corrected chi connectivity index (χ1v) is 9.89. The average molecular weight is 396 g/mol. The van der Waals surface area contributed by atoms with E-state index in [9.17, 15) is 14.4 Å². The van der Waals surface area contributed by atoms with Crippen molar-refractivity contribution in [2.24, 2.45) is 0 Å². The van der Waals surface area contributed by atoms with Crippen LogP contribution in [-0.4, -0.2) is 17.3 Å². The SMILES string of the molecule is C=CC(=O)Cc1cccc(CC(=O)c2cc(C)cc(C(=O)Cc3ccccc3)c2)c1. The number of allylic oxidation sites excluding steroid dienone is 1. The van der Waals surface area contributed by atoms with Gasteiger partial charge in [-0.3, -0.25) is 14.4 Å². The maximum absolute atomic E-state index is 12.9. The summed E-state index contributed by atoms with van der Waals surface area (Å²) in [6.45, 7) is 5.38. The highest BCUT2D eigenvalue weighted by atomic mass is 16.1. The Morgan fingerprint density at radius 3 is 1.83 bits per heavy atom. The van der Waals surface area contributed by atoms with Crippen molar-refractivity contribution in [2.45, 2.75) is 26.2 Å². The Morgan fingerprint density at radius 1 is 0.700 bits per heavy atom. The van der Waals surface area contributed by atoms with Gasteiger partial charge in [0, 0.05) is 30.4 Å². The van der Waals surface area contributed by atoms with Crippen molar-refractivity contribution in [1.29, 1.82) is 0 Å². The smallest absolute Gasteiger partial charge is 0.167 e. The van der Waals surface area contributed by atoms with Crippen molar-refractivity contribution in [3.05, 3.63) is 119 Å². The highest BCUT2D eigenvalue weighted by Crippen LogP contribution is 2.16. The molecule has 0 N–H and O–H groups in total. The van der Waals surface area contributed by atoms with Crippen molar-refractivity contribution >= 4 is 17.3 Å². The fourth-order valence-corrected chi connectivity index (χ4v) is 3.40. The minimum Gasteiger partial charge on any atom is -0.295 e. The zero-order valence-electron chi connectivity index (χ0n) is 17.1. The minimum atomic E-state index is -0.0567. The molecule has 0 atom stereocenters. The van der Waals surface area contributed by atoms with Crippen LogP contribution in [0.15, 0.2) is 85.5 Å². The molecule has 0 saturated carbocycles. The quantitative estimate of drug-likeness (QED) is 0.372. The number of aryl methyl sites for hydroxylation is 1. The molecule has 30 heavy (non-hydrogen) atoms. The van der Waals surface area contributed by atoms with E-state index < -0.39 is 0 Å². The van der Waals surface area contributed by atoms with Gasteiger partial charge in [0.25, 0.3) is 0 Å². The second-order valence-electron chi connectivity index (χ2n) is 7.44. The predicted molar refractivity (Wildman–Crippen MR) is 119 cm³/mol. The molecule has 0 fully saturated rings. The van der Waals surface area contributed by atoms with Crippen molar-refractivity contribution in [3.8, 4) is 0 Å². The fourth-order valence-electron chi connectivity index (χ4n) is 3.40. The van der Waals surface area contributed by atoms with Crippen LogP contribution in [0.5, 0.6) is 0 Å². The van der Waals surface area contributed by atoms with Crippen LogP contribution in [0.3, 0.4) is 0 Å². The van der Waals surface area contributed by atoms with Gasteiger partial charge in [-0.2, -0.15) is 0 Å². The first-order valence-electron chi connectivity index (χ1n) is 9.89. The number of carbonyl (C=O) groups is 3. The lowest BCUT2D eigenvalue weighted by Gasteiger charge is -2.08. The first-order chi connectivity index (χ1) is 14.4. The van der Waals surface area contributed by atoms with Crippen LogP contribution in [-0.2, 0) is 24.1 Å². The molecule has 0 spiro atoms. The summed E-state index contributed by atoms with van der Waals surface area (Å²) in [5, 5.41) is 0. The first kappa shape index (κ1) is 21.1. The second-order valence-corrected chi connectivity index (χ2v) is 7.44. The van der Waals surface area contributed by atoms with Gasteiger partial charge in [-0.05, 0) is 53.5 Å². The van der Waals surface area contributed by atoms with Gasteiger partial charge in [0.05, 0.1) is 0 Å². The van der Waals surface area contributed by atoms with E-state index in [-0.39, 0.29) is 30.2 Å². The highest BCUT2D eigenvalue weighted by molar-refractivity contribution is 6.03. The molecule has 150 valence electrons. The maximum Gasteiger partial charge on any atom is 0.167 e. The Kier molecular flexibility index (Phi) is 6.87. The number of rotatable bonds is 9. The largest absolute Gasteiger partial charge is 0.295 e. The Hall–Kier alpha value is -3.59. The van der Waals surface area contributed by atoms with Gasteiger partial charge < -0.3 is 0 Å². The number of benzene rings is 3. The molecule has 3 nitrogen and oxygen atoms in total. The van der Waals surface area contributed by atoms with Crippen molar-refractivity contribution in [2.75, 3.05) is 0 Å². The van der Waals surface area contributed by atoms with E-state index in [2.05, 4.69) is 6.58 Å². The molecule has 3 rings (SSSR count). The predicted octanol–water partition coefficient (Wildman–Crippen LogP) is 5.14. The van der Waals surface area contributed by atoms with Crippen LogP contribution in [0, 0.1) is 6.92 Å². The molecule has 0 heterocycles. The Labute approximate surface area is 177 Å². The molecule has 0 amide bonds. The van der Waals surface area contributed by atoms with E-state index in [0.717, 1.165) is 22.3 Å². The van der Waals surface area contributed by atoms with E-state index in [0.29, 0.717) is 17.5 Å². The molecule has 3 aromatic carbocycles. The normalized spacial score (nSPS) is 10.4. The molecular formula is C27H24O3. The van der Waals surface area contributed by atoms with Crippen LogP contribution >= 0.6 is 0 Å². The van der Waals surface area contributed by atoms with E-state index in [1.807, 2.05) is 73.7 Å². The Balaban J connectivity index is 1.76. The van der Waals surface area contributed by atoms with Crippen LogP contribution in [0.1, 0.15) is 43.0 Å². The maximum atomic E-state index is 12.9. The molecule has 3 heteroatoms. The third-order valence-electron chi connectivity index (χ3n) is 4.89. The summed E-state index contributed by atoms with van der Waals surface area (Å²) in [6.07, 6.45) is 2.09. The Bertz CT molecular complexity index is 1090. The number of hydrogen-bond donors (Lipinski definition) is 0. The van der Waals surface area contributed by atoms with Gasteiger partial charge in [-0.15, -0.1) is 0 Å². The van der Waals surface area contributed by atoms with Crippen LogP contribution in [0.2, 0.25) is 0 Å². The molecule has 0 unspecified atom stereocenters. The van der Waals surface area contributed by atoms with Crippen LogP contribution in [0.25, 0.3) is 0 Å². The average Bonchev–Trinajstić information content (AvgIpc) is 2.74. The number of Topliss-reactive ketones (excluding diaryl/α,β-unsaturated/α-hetero) is 2. The van der Waals surface area contributed by atoms with E-state index in [1.165, 1.54) is 6.08 Å². The third-order valence-corrected chi connectivity index (χ3v) is 4.89. The number of carbonyl (C=O) groups excluding carboxylic acids is 3. The third kappa shape index (κ3) is 5.71. The van der Waals surface area contributed by atoms with Crippen LogP contribution in [0.4, 0.5) is 0 Å². The number of ketones is 3. The molecule has 0 aliphatic carbocycles. The molecular weight excluding hydrogens is 372 g/mol. The lowest BCUT2D eigenvalue weighted by molar-refractivity contribution is -0.114. The van der Waals surface area contributed by atoms with Crippen molar-refractivity contribution in [3.63, 3.8) is 0 Å². The van der Waals surface area contributed by atoms with Gasteiger partial charge >= 0.3 is 0 Å². The van der Waals surface area contributed by atoms with Gasteiger partial charge in [-0.25, -0.2) is 0 Å². The van der Waals surface area contributed by atoms with Gasteiger partial charge in [-0.1, -0.05) is 61.2 Å². The summed E-state index contributed by atoms with van der Waals surface area (Å²) in [6, 6.07) is 22.3. The molecule has 3 aromatic rings. The summed E-state index contributed by atoms with van der Waals surface area (Å²) in [7, 11) is 0. The summed E-state index contributed by atoms with van der Waals surface area (Å²) in [5.74, 6) is -0.123. The van der Waals surface area contributed by atoms with Crippen LogP contribution < -0.4 is 0 Å². The zero-order chi connectivity index (χ0) is 21.5. The monoisotopic (exact) mass is 396 g/mol. The number of hydrogen-bond acceptors (Lipinski definition) is 3. The summed E-state index contributed by atoms with van der Waals surface area (Å²) < 4.78 is 0. The molecule has 0 aliphatic rings. The van der Waals surface area contributed by atoms with Crippen molar-refractivity contribution in [1.82, 2.24) is 0 Å². The molecule has 0 saturated heterocycles. The van der Waals surface area contributed by atoms with E-state index in [1.54, 1.807) is 6.07 Å². The second kappa shape index (κ2) is 9.75. The molecule has 0 bridgehead atoms. The zero-order valence-corrected chi connectivity index (χ0v) is 17.1. The lowest BCUT2D eigenvalue weighted by Crippen LogP contribution is -2.09. The van der Waals surface area contributed by atoms with E-state index in [4.69, 9.17) is 0 Å². The van der Waals surface area contributed by atoms with Gasteiger partial charge in [0.2, 0.25) is 0 Å². The molecule has 0 aromatic heterocycles. The highest BCUT2D eigenvalue weighted by Gasteiger charge is 2.14. The Morgan fingerprint density at radius 2 is 1.23 bits per heavy atom. The topological polar surface area (TPSA) is 51.2 Å². The van der Waals surface area contributed by atoms with Crippen molar-refractivity contribution < 1.29 is 14.4 Å². The minimum absolute atomic E-state index is 0.0103. The fraction of sp³-hybridized carbons (Fsp3) is 0.148. The summed E-state index contributed by atoms with van der Waals surface area (Å²) >= 11 is 0. The summed E-state index contributed by atoms with van der Waals surface area (Å²) in [5.41, 5.74) is 4.60. The van der Waals surface area contributed by atoms with E-state index >= 15 is 0 Å². The standard InChI is InChI=1S/C27H24O3/c1-3-25(28)15-21-10-7-11-22(14-21)17-27(30)24-13-19(2)12-23(18-24)26(29)16-20-8-5-4-6-9-20/h3-14,18H,1,15-17H2,2H3.